The van der Waals surface area contributed by atoms with Crippen molar-refractivity contribution in [2.24, 2.45) is 0 Å². The molecule has 1 aliphatic rings. The molecule has 0 bridgehead atoms. The van der Waals surface area contributed by atoms with E-state index >= 15 is 0 Å². The maximum Gasteiger partial charge on any atom is 0.410 e. The number of aromatic nitrogens is 3. The van der Waals surface area contributed by atoms with Crippen molar-refractivity contribution in [3.05, 3.63) is 15.1 Å². The topological polar surface area (TPSA) is 86.3 Å². The molecule has 0 aliphatic carbocycles. The molecule has 2 aromatic heterocycles. The van der Waals surface area contributed by atoms with E-state index < -0.39 is 5.60 Å². The lowest BCUT2D eigenvalue weighted by Gasteiger charge is -2.24. The molecule has 1 saturated heterocycles. The first kappa shape index (κ1) is 17.5. The van der Waals surface area contributed by atoms with E-state index in [0.29, 0.717) is 29.7 Å². The third-order valence-corrected chi connectivity index (χ3v) is 5.62. The molecule has 1 amide bonds. The van der Waals surface area contributed by atoms with E-state index in [2.05, 4.69) is 32.6 Å². The molecule has 0 spiro atoms. The van der Waals surface area contributed by atoms with Crippen LogP contribution in [0.4, 0.5) is 10.6 Å². The predicted octanol–water partition coefficient (Wildman–Crippen LogP) is 3.45. The molecule has 1 fully saturated rings. The quantitative estimate of drug-likeness (QED) is 0.655. The van der Waals surface area contributed by atoms with Crippen molar-refractivity contribution < 1.29 is 9.53 Å². The van der Waals surface area contributed by atoms with E-state index in [0.717, 1.165) is 15.4 Å². The van der Waals surface area contributed by atoms with Gasteiger partial charge in [0.25, 0.3) is 0 Å². The number of carbonyl (C=O) groups is 1. The standard InChI is InChI=1S/C15H19ClIN5O2/c1-15(2,3)24-14(23)21-5-4-8(6-21)22-11(16)10(17)9-12(18)19-7-20-13(9)22/h7-8H,4-6H2,1-3H3,(H2,18,19,20)/t8-/m0/s1. The third-order valence-electron chi connectivity index (χ3n) is 3.88. The molecule has 130 valence electrons. The van der Waals surface area contributed by atoms with Crippen molar-refractivity contribution in [2.75, 3.05) is 18.8 Å². The second-order valence-electron chi connectivity index (χ2n) is 6.80. The summed E-state index contributed by atoms with van der Waals surface area (Å²) in [4.78, 5) is 22.3. The number of ether oxygens (including phenoxy) is 1. The van der Waals surface area contributed by atoms with Gasteiger partial charge in [-0.15, -0.1) is 0 Å². The fraction of sp³-hybridized carbons (Fsp3) is 0.533. The molecule has 0 unspecified atom stereocenters. The number of halogens is 2. The highest BCUT2D eigenvalue weighted by Gasteiger charge is 2.33. The number of anilines is 1. The summed E-state index contributed by atoms with van der Waals surface area (Å²) in [5.74, 6) is 0.409. The van der Waals surface area contributed by atoms with E-state index in [1.165, 1.54) is 6.33 Å². The van der Waals surface area contributed by atoms with Gasteiger partial charge in [-0.05, 0) is 49.8 Å². The predicted molar refractivity (Wildman–Crippen MR) is 101 cm³/mol. The zero-order valence-electron chi connectivity index (χ0n) is 13.7. The van der Waals surface area contributed by atoms with E-state index in [9.17, 15) is 4.79 Å². The summed E-state index contributed by atoms with van der Waals surface area (Å²) in [6.07, 6.45) is 1.91. The second-order valence-corrected chi connectivity index (χ2v) is 8.24. The molecule has 7 nitrogen and oxygen atoms in total. The molecular weight excluding hydrogens is 445 g/mol. The first-order valence-corrected chi connectivity index (χ1v) is 9.08. The van der Waals surface area contributed by atoms with Crippen molar-refractivity contribution in [2.45, 2.75) is 38.8 Å². The van der Waals surface area contributed by atoms with Crippen LogP contribution in [-0.2, 0) is 4.74 Å². The Morgan fingerprint density at radius 3 is 2.83 bits per heavy atom. The van der Waals surface area contributed by atoms with Crippen molar-refractivity contribution in [3.8, 4) is 0 Å². The van der Waals surface area contributed by atoms with Gasteiger partial charge in [-0.3, -0.25) is 0 Å². The van der Waals surface area contributed by atoms with Crippen LogP contribution in [0.5, 0.6) is 0 Å². The smallest absolute Gasteiger partial charge is 0.410 e. The van der Waals surface area contributed by atoms with Crippen LogP contribution in [0.25, 0.3) is 11.0 Å². The van der Waals surface area contributed by atoms with Crippen molar-refractivity contribution in [3.63, 3.8) is 0 Å². The summed E-state index contributed by atoms with van der Waals surface area (Å²) in [6, 6.07) is 0.0327. The van der Waals surface area contributed by atoms with Gasteiger partial charge in [0.15, 0.2) is 0 Å². The van der Waals surface area contributed by atoms with Crippen LogP contribution >= 0.6 is 34.2 Å². The fourth-order valence-corrected chi connectivity index (χ4v) is 3.95. The molecule has 2 N–H and O–H groups in total. The average Bonchev–Trinajstić information content (AvgIpc) is 3.03. The molecule has 0 aromatic carbocycles. The van der Waals surface area contributed by atoms with Gasteiger partial charge in [-0.2, -0.15) is 0 Å². The molecule has 2 aromatic rings. The summed E-state index contributed by atoms with van der Waals surface area (Å²) in [7, 11) is 0. The second kappa shape index (κ2) is 6.21. The highest BCUT2D eigenvalue weighted by Crippen LogP contribution is 2.37. The average molecular weight is 464 g/mol. The minimum Gasteiger partial charge on any atom is -0.444 e. The Bertz CT molecular complexity index is 801. The van der Waals surface area contributed by atoms with Crippen LogP contribution in [0.3, 0.4) is 0 Å². The normalized spacial score (nSPS) is 18.4. The molecular formula is C15H19ClIN5O2. The number of likely N-dealkylation sites (tertiary alicyclic amines) is 1. The summed E-state index contributed by atoms with van der Waals surface area (Å²) < 4.78 is 8.22. The Hall–Kier alpha value is -1.29. The molecule has 3 heterocycles. The molecule has 24 heavy (non-hydrogen) atoms. The Balaban J connectivity index is 1.90. The monoisotopic (exact) mass is 463 g/mol. The summed E-state index contributed by atoms with van der Waals surface area (Å²) in [5.41, 5.74) is 6.16. The largest absolute Gasteiger partial charge is 0.444 e. The van der Waals surface area contributed by atoms with Crippen LogP contribution in [0.1, 0.15) is 33.2 Å². The Morgan fingerprint density at radius 2 is 2.17 bits per heavy atom. The van der Waals surface area contributed by atoms with Crippen molar-refractivity contribution in [1.29, 1.82) is 0 Å². The number of hydrogen-bond donors (Lipinski definition) is 1. The highest BCUT2D eigenvalue weighted by molar-refractivity contribution is 14.1. The lowest BCUT2D eigenvalue weighted by Crippen LogP contribution is -2.35. The lowest BCUT2D eigenvalue weighted by atomic mass is 10.2. The van der Waals surface area contributed by atoms with E-state index in [1.54, 1.807) is 4.90 Å². The Kier molecular flexibility index (Phi) is 4.54. The minimum atomic E-state index is -0.510. The van der Waals surface area contributed by atoms with Crippen LogP contribution in [0, 0.1) is 3.57 Å². The van der Waals surface area contributed by atoms with E-state index in [-0.39, 0.29) is 12.1 Å². The van der Waals surface area contributed by atoms with Gasteiger partial charge in [0.05, 0.1) is 15.0 Å². The van der Waals surface area contributed by atoms with Gasteiger partial charge in [0, 0.05) is 13.1 Å². The van der Waals surface area contributed by atoms with Crippen LogP contribution < -0.4 is 5.73 Å². The van der Waals surface area contributed by atoms with E-state index in [1.807, 2.05) is 25.3 Å². The number of fused-ring (bicyclic) bond motifs is 1. The van der Waals surface area contributed by atoms with E-state index in [4.69, 9.17) is 22.1 Å². The number of amides is 1. The van der Waals surface area contributed by atoms with Gasteiger partial charge < -0.3 is 19.9 Å². The summed E-state index contributed by atoms with van der Waals surface area (Å²) >= 11 is 8.67. The van der Waals surface area contributed by atoms with Gasteiger partial charge in [-0.1, -0.05) is 11.6 Å². The molecule has 1 atom stereocenters. The number of carbonyl (C=O) groups excluding carboxylic acids is 1. The Morgan fingerprint density at radius 1 is 1.46 bits per heavy atom. The SMILES string of the molecule is CC(C)(C)OC(=O)N1CC[C@H](n2c(Cl)c(I)c3c(N)ncnc32)C1. The highest BCUT2D eigenvalue weighted by atomic mass is 127. The maximum atomic E-state index is 12.3. The zero-order chi connectivity index (χ0) is 17.6. The summed E-state index contributed by atoms with van der Waals surface area (Å²) in [6.45, 7) is 6.72. The Labute approximate surface area is 158 Å². The summed E-state index contributed by atoms with van der Waals surface area (Å²) in [5, 5.41) is 1.34. The number of rotatable bonds is 1. The van der Waals surface area contributed by atoms with Crippen LogP contribution in [0.2, 0.25) is 5.15 Å². The number of nitrogens with zero attached hydrogens (tertiary/aromatic N) is 4. The molecule has 1 aliphatic heterocycles. The van der Waals surface area contributed by atoms with Crippen molar-refractivity contribution >= 4 is 57.1 Å². The zero-order valence-corrected chi connectivity index (χ0v) is 16.6. The van der Waals surface area contributed by atoms with Crippen LogP contribution in [0.15, 0.2) is 6.33 Å². The number of hydrogen-bond acceptors (Lipinski definition) is 5. The van der Waals surface area contributed by atoms with Gasteiger partial charge in [0.1, 0.15) is 28.5 Å². The molecule has 9 heteroatoms. The van der Waals surface area contributed by atoms with Gasteiger partial charge in [-0.25, -0.2) is 14.8 Å². The third kappa shape index (κ3) is 3.13. The first-order valence-electron chi connectivity index (χ1n) is 7.62. The maximum absolute atomic E-state index is 12.3. The number of nitrogens with two attached hydrogens (primary N) is 1. The van der Waals surface area contributed by atoms with Gasteiger partial charge in [0.2, 0.25) is 0 Å². The number of nitrogen functional groups attached to an aromatic ring is 1. The lowest BCUT2D eigenvalue weighted by molar-refractivity contribution is 0.0289. The first-order chi connectivity index (χ1) is 11.2. The van der Waals surface area contributed by atoms with Crippen LogP contribution in [-0.4, -0.2) is 44.2 Å². The molecule has 3 rings (SSSR count). The molecule has 0 radical (unpaired) electrons. The van der Waals surface area contributed by atoms with Gasteiger partial charge >= 0.3 is 6.09 Å². The molecule has 0 saturated carbocycles. The van der Waals surface area contributed by atoms with Crippen molar-refractivity contribution in [1.82, 2.24) is 19.4 Å². The minimum absolute atomic E-state index is 0.0327. The fourth-order valence-electron chi connectivity index (χ4n) is 2.86.